The lowest BCUT2D eigenvalue weighted by Crippen LogP contribution is -2.46. The van der Waals surface area contributed by atoms with Crippen LogP contribution in [0.2, 0.25) is 0 Å². The fraction of sp³-hybridized carbons (Fsp3) is 0.458. The highest BCUT2D eigenvalue weighted by Gasteiger charge is 2.24. The Hall–Kier alpha value is -2.77. The van der Waals surface area contributed by atoms with Crippen LogP contribution in [-0.2, 0) is 11.3 Å². The Morgan fingerprint density at radius 1 is 1.06 bits per heavy atom. The third-order valence-corrected chi connectivity index (χ3v) is 5.67. The van der Waals surface area contributed by atoms with Crippen molar-refractivity contribution >= 4 is 5.96 Å². The van der Waals surface area contributed by atoms with Gasteiger partial charge in [-0.2, -0.15) is 0 Å². The van der Waals surface area contributed by atoms with Gasteiger partial charge in [0.1, 0.15) is 0 Å². The molecule has 7 nitrogen and oxygen atoms in total. The topological polar surface area (TPSA) is 67.4 Å². The molecule has 0 bridgehead atoms. The summed E-state index contributed by atoms with van der Waals surface area (Å²) in [5.41, 5.74) is 3.69. The molecule has 0 amide bonds. The van der Waals surface area contributed by atoms with Crippen molar-refractivity contribution in [3.8, 4) is 11.5 Å². The molecule has 1 unspecified atom stereocenters. The average molecular weight is 427 g/mol. The molecule has 31 heavy (non-hydrogen) atoms. The maximum absolute atomic E-state index is 5.57. The van der Waals surface area contributed by atoms with Crippen LogP contribution < -0.4 is 20.1 Å². The summed E-state index contributed by atoms with van der Waals surface area (Å²) in [6, 6.07) is 14.7. The van der Waals surface area contributed by atoms with Gasteiger partial charge >= 0.3 is 0 Å². The van der Waals surface area contributed by atoms with Crippen LogP contribution in [0.3, 0.4) is 0 Å². The fourth-order valence-corrected chi connectivity index (χ4v) is 3.81. The number of morpholine rings is 1. The van der Waals surface area contributed by atoms with Crippen molar-refractivity contribution in [3.63, 3.8) is 0 Å². The maximum atomic E-state index is 5.57. The molecule has 2 aromatic rings. The zero-order valence-electron chi connectivity index (χ0n) is 19.0. The Morgan fingerprint density at radius 3 is 2.48 bits per heavy atom. The number of hydrogen-bond donors (Lipinski definition) is 2. The summed E-state index contributed by atoms with van der Waals surface area (Å²) in [5, 5.41) is 6.93. The molecule has 1 aliphatic heterocycles. The second-order valence-corrected chi connectivity index (χ2v) is 7.51. The summed E-state index contributed by atoms with van der Waals surface area (Å²) in [5.74, 6) is 2.25. The second kappa shape index (κ2) is 11.6. The Morgan fingerprint density at radius 2 is 1.81 bits per heavy atom. The number of nitrogens with one attached hydrogen (secondary N) is 2. The smallest absolute Gasteiger partial charge is 0.191 e. The van der Waals surface area contributed by atoms with Crippen LogP contribution in [0.4, 0.5) is 0 Å². The van der Waals surface area contributed by atoms with E-state index in [2.05, 4.69) is 63.8 Å². The average Bonchev–Trinajstić information content (AvgIpc) is 2.82. The van der Waals surface area contributed by atoms with Gasteiger partial charge in [-0.1, -0.05) is 30.3 Å². The fourth-order valence-electron chi connectivity index (χ4n) is 3.81. The molecule has 0 saturated carbocycles. The summed E-state index contributed by atoms with van der Waals surface area (Å²) in [7, 11) is 5.12. The predicted molar refractivity (Wildman–Crippen MR) is 124 cm³/mol. The van der Waals surface area contributed by atoms with E-state index in [9.17, 15) is 0 Å². The number of nitrogens with zero attached hydrogens (tertiary/aromatic N) is 2. The lowest BCUT2D eigenvalue weighted by molar-refractivity contribution is 0.0169. The summed E-state index contributed by atoms with van der Waals surface area (Å²) < 4.78 is 16.5. The van der Waals surface area contributed by atoms with E-state index in [0.29, 0.717) is 6.54 Å². The lowest BCUT2D eigenvalue weighted by Gasteiger charge is -2.35. The molecule has 2 aromatic carbocycles. The van der Waals surface area contributed by atoms with E-state index in [1.165, 1.54) is 16.7 Å². The molecule has 2 N–H and O–H groups in total. The number of benzene rings is 2. The van der Waals surface area contributed by atoms with Gasteiger partial charge in [-0.05, 0) is 35.7 Å². The summed E-state index contributed by atoms with van der Waals surface area (Å²) >= 11 is 0. The number of hydrogen-bond acceptors (Lipinski definition) is 5. The van der Waals surface area contributed by atoms with Gasteiger partial charge in [0.05, 0.1) is 33.5 Å². The Labute approximate surface area is 185 Å². The number of rotatable bonds is 8. The number of aliphatic imine (C=N–C) groups is 1. The van der Waals surface area contributed by atoms with E-state index >= 15 is 0 Å². The molecule has 0 radical (unpaired) electrons. The van der Waals surface area contributed by atoms with Crippen LogP contribution in [0.5, 0.6) is 11.5 Å². The molecular weight excluding hydrogens is 392 g/mol. The van der Waals surface area contributed by atoms with E-state index < -0.39 is 0 Å². The highest BCUT2D eigenvalue weighted by molar-refractivity contribution is 5.79. The van der Waals surface area contributed by atoms with Gasteiger partial charge in [0, 0.05) is 33.2 Å². The lowest BCUT2D eigenvalue weighted by atomic mass is 10.0. The highest BCUT2D eigenvalue weighted by atomic mass is 16.5. The van der Waals surface area contributed by atoms with E-state index in [1.54, 1.807) is 21.3 Å². The molecular formula is C24H34N4O3. The molecule has 0 aromatic heterocycles. The highest BCUT2D eigenvalue weighted by Crippen LogP contribution is 2.32. The predicted octanol–water partition coefficient (Wildman–Crippen LogP) is 2.75. The first-order valence-corrected chi connectivity index (χ1v) is 10.7. The molecule has 1 fully saturated rings. The standard InChI is InChI=1S/C24H34N4O3/c1-18-7-5-6-8-20(18)16-26-24(25-2)27-17-21(28-11-13-31-14-12-28)19-9-10-22(29-3)23(15-19)30-4/h5-10,15,21H,11-14,16-17H2,1-4H3,(H2,25,26,27). The monoisotopic (exact) mass is 426 g/mol. The van der Waals surface area contributed by atoms with Crippen molar-refractivity contribution in [1.82, 2.24) is 15.5 Å². The summed E-state index contributed by atoms with van der Waals surface area (Å²) in [4.78, 5) is 6.85. The van der Waals surface area contributed by atoms with Gasteiger partial charge in [0.25, 0.3) is 0 Å². The van der Waals surface area contributed by atoms with Crippen molar-refractivity contribution in [2.45, 2.75) is 19.5 Å². The minimum atomic E-state index is 0.153. The zero-order valence-corrected chi connectivity index (χ0v) is 19.0. The third kappa shape index (κ3) is 6.12. The molecule has 3 rings (SSSR count). The Kier molecular flexibility index (Phi) is 8.55. The van der Waals surface area contributed by atoms with Gasteiger partial charge < -0.3 is 24.8 Å². The molecule has 168 valence electrons. The summed E-state index contributed by atoms with van der Waals surface area (Å²) in [6.45, 7) is 6.81. The van der Waals surface area contributed by atoms with Crippen LogP contribution in [0.1, 0.15) is 22.7 Å². The Balaban J connectivity index is 1.71. The Bertz CT molecular complexity index is 866. The molecule has 7 heteroatoms. The van der Waals surface area contributed by atoms with Crippen LogP contribution in [0.15, 0.2) is 47.5 Å². The van der Waals surface area contributed by atoms with E-state index in [1.807, 2.05) is 6.07 Å². The second-order valence-electron chi connectivity index (χ2n) is 7.51. The quantitative estimate of drug-likeness (QED) is 0.500. The molecule has 1 atom stereocenters. The van der Waals surface area contributed by atoms with Gasteiger partial charge in [0.2, 0.25) is 0 Å². The van der Waals surface area contributed by atoms with Crippen molar-refractivity contribution in [1.29, 1.82) is 0 Å². The van der Waals surface area contributed by atoms with Gasteiger partial charge in [0.15, 0.2) is 17.5 Å². The van der Waals surface area contributed by atoms with E-state index in [0.717, 1.165) is 50.3 Å². The van der Waals surface area contributed by atoms with Gasteiger partial charge in [-0.25, -0.2) is 0 Å². The van der Waals surface area contributed by atoms with Gasteiger partial charge in [-0.15, -0.1) is 0 Å². The van der Waals surface area contributed by atoms with Crippen molar-refractivity contribution < 1.29 is 14.2 Å². The van der Waals surface area contributed by atoms with E-state index in [4.69, 9.17) is 14.2 Å². The minimum absolute atomic E-state index is 0.153. The van der Waals surface area contributed by atoms with Crippen molar-refractivity contribution in [3.05, 3.63) is 59.2 Å². The third-order valence-electron chi connectivity index (χ3n) is 5.67. The van der Waals surface area contributed by atoms with Crippen LogP contribution in [0, 0.1) is 6.92 Å². The number of methoxy groups -OCH3 is 2. The minimum Gasteiger partial charge on any atom is -0.493 e. The normalized spacial score (nSPS) is 15.9. The first-order valence-electron chi connectivity index (χ1n) is 10.7. The number of aryl methyl sites for hydroxylation is 1. The maximum Gasteiger partial charge on any atom is 0.191 e. The largest absolute Gasteiger partial charge is 0.493 e. The van der Waals surface area contributed by atoms with Gasteiger partial charge in [-0.3, -0.25) is 9.89 Å². The molecule has 1 saturated heterocycles. The summed E-state index contributed by atoms with van der Waals surface area (Å²) in [6.07, 6.45) is 0. The molecule has 0 spiro atoms. The zero-order chi connectivity index (χ0) is 22.1. The van der Waals surface area contributed by atoms with Crippen LogP contribution in [-0.4, -0.2) is 65.0 Å². The van der Waals surface area contributed by atoms with Crippen molar-refractivity contribution in [2.75, 3.05) is 54.1 Å². The van der Waals surface area contributed by atoms with E-state index in [-0.39, 0.29) is 6.04 Å². The van der Waals surface area contributed by atoms with Crippen LogP contribution in [0.25, 0.3) is 0 Å². The number of guanidine groups is 1. The molecule has 1 heterocycles. The molecule has 1 aliphatic rings. The first-order chi connectivity index (χ1) is 15.2. The first kappa shape index (κ1) is 22.9. The van der Waals surface area contributed by atoms with Crippen molar-refractivity contribution in [2.24, 2.45) is 4.99 Å². The van der Waals surface area contributed by atoms with Crippen LogP contribution >= 0.6 is 0 Å². The molecule has 0 aliphatic carbocycles. The SMILES string of the molecule is CN=C(NCc1ccccc1C)NCC(c1ccc(OC)c(OC)c1)N1CCOCC1. The number of ether oxygens (including phenoxy) is 3.